The minimum Gasteiger partial charge on any atom is -0.466 e. The van der Waals surface area contributed by atoms with Gasteiger partial charge < -0.3 is 4.74 Å². The third-order valence-corrected chi connectivity index (χ3v) is 2.74. The number of carbonyl (C=O) groups is 1. The average molecular weight is 319 g/mol. The van der Waals surface area contributed by atoms with E-state index in [0.29, 0.717) is 10.0 Å². The molecule has 1 aromatic carbocycles. The van der Waals surface area contributed by atoms with Crippen LogP contribution in [0.3, 0.4) is 0 Å². The van der Waals surface area contributed by atoms with Crippen LogP contribution in [0.2, 0.25) is 0 Å². The van der Waals surface area contributed by atoms with Gasteiger partial charge in [0.05, 0.1) is 7.11 Å². The highest BCUT2D eigenvalue weighted by Gasteiger charge is 2.25. The molecule has 0 saturated heterocycles. The number of rotatable bonds is 3. The molecule has 0 heterocycles. The predicted molar refractivity (Wildman–Crippen MR) is 69.3 cm³/mol. The van der Waals surface area contributed by atoms with E-state index in [4.69, 9.17) is 0 Å². The molecule has 0 fully saturated rings. The highest BCUT2D eigenvalue weighted by molar-refractivity contribution is 9.10. The van der Waals surface area contributed by atoms with Crippen LogP contribution in [-0.2, 0) is 9.53 Å². The van der Waals surface area contributed by atoms with Crippen LogP contribution in [0.5, 0.6) is 0 Å². The zero-order chi connectivity index (χ0) is 13.9. The van der Waals surface area contributed by atoms with Crippen molar-refractivity contribution in [1.29, 1.82) is 0 Å². The van der Waals surface area contributed by atoms with Gasteiger partial charge in [-0.3, -0.25) is 0 Å². The van der Waals surface area contributed by atoms with Gasteiger partial charge in [0.25, 0.3) is 0 Å². The maximum atomic E-state index is 14.1. The normalized spacial score (nSPS) is 12.4. The number of ether oxygens (including phenoxy) is 1. The molecule has 0 aliphatic carbocycles. The second kappa shape index (κ2) is 5.61. The van der Waals surface area contributed by atoms with E-state index in [0.717, 1.165) is 6.08 Å². The summed E-state index contributed by atoms with van der Waals surface area (Å²) in [4.78, 5) is 11.2. The summed E-state index contributed by atoms with van der Waals surface area (Å²) < 4.78 is 32.3. The summed E-state index contributed by atoms with van der Waals surface area (Å²) >= 11 is 3.13. The number of methoxy groups -OCH3 is 1. The summed E-state index contributed by atoms with van der Waals surface area (Å²) in [5, 5.41) is 0. The lowest BCUT2D eigenvalue weighted by Gasteiger charge is -2.19. The fraction of sp³-hybridized carbons (Fsp3) is 0.308. The van der Waals surface area contributed by atoms with Crippen LogP contribution in [0.4, 0.5) is 8.78 Å². The Morgan fingerprint density at radius 3 is 2.44 bits per heavy atom. The van der Waals surface area contributed by atoms with Crippen molar-refractivity contribution in [3.8, 4) is 0 Å². The number of esters is 1. The van der Waals surface area contributed by atoms with E-state index in [1.165, 1.54) is 33.1 Å². The Kier molecular flexibility index (Phi) is 4.62. The second-order valence-electron chi connectivity index (χ2n) is 4.21. The molecule has 98 valence electrons. The molecule has 1 rings (SSSR count). The third kappa shape index (κ3) is 3.91. The van der Waals surface area contributed by atoms with E-state index in [9.17, 15) is 13.6 Å². The van der Waals surface area contributed by atoms with Crippen molar-refractivity contribution in [2.45, 2.75) is 19.5 Å². The molecule has 0 N–H and O–H groups in total. The first kappa shape index (κ1) is 14.8. The van der Waals surface area contributed by atoms with Crippen LogP contribution in [0, 0.1) is 5.82 Å². The van der Waals surface area contributed by atoms with Crippen LogP contribution in [0.15, 0.2) is 28.7 Å². The first-order valence-electron chi connectivity index (χ1n) is 5.19. The molecule has 18 heavy (non-hydrogen) atoms. The SMILES string of the molecule is COC(=O)/C=C(\c1cc(F)cc(Br)c1)C(C)(C)F. The number of benzene rings is 1. The van der Waals surface area contributed by atoms with Gasteiger partial charge in [-0.05, 0) is 37.6 Å². The highest BCUT2D eigenvalue weighted by atomic mass is 79.9. The van der Waals surface area contributed by atoms with Gasteiger partial charge in [-0.1, -0.05) is 15.9 Å². The minimum absolute atomic E-state index is 0.0644. The zero-order valence-electron chi connectivity index (χ0n) is 10.3. The predicted octanol–water partition coefficient (Wildman–Crippen LogP) is 3.89. The maximum Gasteiger partial charge on any atom is 0.330 e. The quantitative estimate of drug-likeness (QED) is 0.624. The minimum atomic E-state index is -1.79. The zero-order valence-corrected chi connectivity index (χ0v) is 11.8. The Bertz CT molecular complexity index is 470. The topological polar surface area (TPSA) is 26.3 Å². The van der Waals surface area contributed by atoms with Crippen LogP contribution >= 0.6 is 15.9 Å². The van der Waals surface area contributed by atoms with Crippen molar-refractivity contribution in [1.82, 2.24) is 0 Å². The van der Waals surface area contributed by atoms with Crippen molar-refractivity contribution in [3.05, 3.63) is 40.1 Å². The van der Waals surface area contributed by atoms with Gasteiger partial charge in [0.2, 0.25) is 0 Å². The molecule has 0 aromatic heterocycles. The number of hydrogen-bond donors (Lipinski definition) is 0. The molecule has 0 atom stereocenters. The third-order valence-electron chi connectivity index (χ3n) is 2.28. The number of hydrogen-bond acceptors (Lipinski definition) is 2. The van der Waals surface area contributed by atoms with Gasteiger partial charge in [-0.2, -0.15) is 0 Å². The van der Waals surface area contributed by atoms with E-state index < -0.39 is 17.5 Å². The Labute approximate surface area is 113 Å². The summed E-state index contributed by atoms with van der Waals surface area (Å²) in [5.41, 5.74) is -1.43. The van der Waals surface area contributed by atoms with Crippen LogP contribution in [0.1, 0.15) is 19.4 Å². The molecule has 0 amide bonds. The van der Waals surface area contributed by atoms with E-state index in [2.05, 4.69) is 20.7 Å². The van der Waals surface area contributed by atoms with Crippen molar-refractivity contribution < 1.29 is 18.3 Å². The summed E-state index contributed by atoms with van der Waals surface area (Å²) in [5.74, 6) is -1.20. The van der Waals surface area contributed by atoms with Gasteiger partial charge >= 0.3 is 5.97 Å². The number of allylic oxidation sites excluding steroid dienone is 1. The molecule has 0 radical (unpaired) electrons. The monoisotopic (exact) mass is 318 g/mol. The Hall–Kier alpha value is -1.23. The van der Waals surface area contributed by atoms with Crippen molar-refractivity contribution in [3.63, 3.8) is 0 Å². The molecule has 0 aliphatic heterocycles. The lowest BCUT2D eigenvalue weighted by molar-refractivity contribution is -0.134. The Morgan fingerprint density at radius 2 is 2.00 bits per heavy atom. The molecule has 0 unspecified atom stereocenters. The lowest BCUT2D eigenvalue weighted by Crippen LogP contribution is -2.16. The van der Waals surface area contributed by atoms with Crippen molar-refractivity contribution in [2.24, 2.45) is 0 Å². The van der Waals surface area contributed by atoms with Crippen molar-refractivity contribution >= 4 is 27.5 Å². The smallest absolute Gasteiger partial charge is 0.330 e. The number of halogens is 3. The first-order valence-corrected chi connectivity index (χ1v) is 5.99. The molecule has 0 bridgehead atoms. The van der Waals surface area contributed by atoms with Crippen LogP contribution < -0.4 is 0 Å². The largest absolute Gasteiger partial charge is 0.466 e. The van der Waals surface area contributed by atoms with Crippen molar-refractivity contribution in [2.75, 3.05) is 7.11 Å². The molecule has 0 spiro atoms. The summed E-state index contributed by atoms with van der Waals surface area (Å²) in [6.07, 6.45) is 1.03. The van der Waals surface area contributed by atoms with E-state index >= 15 is 0 Å². The van der Waals surface area contributed by atoms with Gasteiger partial charge in [0.15, 0.2) is 0 Å². The van der Waals surface area contributed by atoms with Gasteiger partial charge in [-0.25, -0.2) is 13.6 Å². The summed E-state index contributed by atoms with van der Waals surface area (Å²) in [7, 11) is 1.20. The molecule has 2 nitrogen and oxygen atoms in total. The van der Waals surface area contributed by atoms with Crippen LogP contribution in [-0.4, -0.2) is 18.7 Å². The average Bonchev–Trinajstić information content (AvgIpc) is 2.22. The van der Waals surface area contributed by atoms with E-state index in [-0.39, 0.29) is 5.57 Å². The van der Waals surface area contributed by atoms with Gasteiger partial charge in [0, 0.05) is 16.1 Å². The molecule has 0 aliphatic rings. The fourth-order valence-corrected chi connectivity index (χ4v) is 1.95. The van der Waals surface area contributed by atoms with E-state index in [1.807, 2.05) is 0 Å². The summed E-state index contributed by atoms with van der Waals surface area (Å²) in [6.45, 7) is 2.58. The molecular formula is C13H13BrF2O2. The molecule has 0 saturated carbocycles. The number of alkyl halides is 1. The summed E-state index contributed by atoms with van der Waals surface area (Å²) in [6, 6.07) is 3.96. The molecule has 5 heteroatoms. The Balaban J connectivity index is 3.35. The van der Waals surface area contributed by atoms with Gasteiger partial charge in [-0.15, -0.1) is 0 Å². The molecule has 1 aromatic rings. The van der Waals surface area contributed by atoms with E-state index in [1.54, 1.807) is 6.07 Å². The van der Waals surface area contributed by atoms with Crippen LogP contribution in [0.25, 0.3) is 5.57 Å². The second-order valence-corrected chi connectivity index (χ2v) is 5.13. The lowest BCUT2D eigenvalue weighted by atomic mass is 9.92. The fourth-order valence-electron chi connectivity index (χ4n) is 1.48. The first-order chi connectivity index (χ1) is 8.24. The van der Waals surface area contributed by atoms with Gasteiger partial charge in [0.1, 0.15) is 11.5 Å². The highest BCUT2D eigenvalue weighted by Crippen LogP contribution is 2.32. The number of carbonyl (C=O) groups excluding carboxylic acids is 1. The maximum absolute atomic E-state index is 14.1. The molecular weight excluding hydrogens is 306 g/mol. The standard InChI is InChI=1S/C13H13BrF2O2/c1-13(2,16)11(7-12(17)18-3)8-4-9(14)6-10(15)5-8/h4-7H,1-3H3/b11-7+. The Morgan fingerprint density at radius 1 is 1.39 bits per heavy atom.